The molecule has 0 aromatic heterocycles. The molecule has 2 heterocycles. The molecule has 1 aromatic carbocycles. The molecule has 2 saturated heterocycles. The van der Waals surface area contributed by atoms with Crippen LogP contribution in [0.15, 0.2) is 24.3 Å². The number of fused-ring (bicyclic) bond motifs is 1. The quantitative estimate of drug-likeness (QED) is 0.680. The Kier molecular flexibility index (Phi) is 5.59. The fraction of sp³-hybridized carbons (Fsp3) is 0.609. The van der Waals surface area contributed by atoms with E-state index >= 15 is 0 Å². The van der Waals surface area contributed by atoms with Crippen LogP contribution in [-0.2, 0) is 20.6 Å². The number of carbonyl (C=O) groups is 3. The number of hydrogen-bond donors (Lipinski definition) is 2. The third-order valence-electron chi connectivity index (χ3n) is 7.43. The number of rotatable bonds is 4. The van der Waals surface area contributed by atoms with Gasteiger partial charge in [-0.15, -0.1) is 0 Å². The van der Waals surface area contributed by atoms with Crippen LogP contribution in [-0.4, -0.2) is 39.4 Å². The first kappa shape index (κ1) is 22.8. The zero-order valence-electron chi connectivity index (χ0n) is 18.0. The molecule has 0 radical (unpaired) electrons. The van der Waals surface area contributed by atoms with Gasteiger partial charge >= 0.3 is 12.1 Å². The van der Waals surface area contributed by atoms with E-state index in [-0.39, 0.29) is 6.04 Å². The SMILES string of the molecule is CC(C)C1(C(=O)O)NC(c2ccc(C(F)(F)F)cc2)C2C(=O)N(C3CCCCC3)C(=O)C21. The van der Waals surface area contributed by atoms with E-state index in [4.69, 9.17) is 0 Å². The minimum absolute atomic E-state index is 0.249. The number of carboxylic acid groups (broad SMARTS) is 1. The second-order valence-electron chi connectivity index (χ2n) is 9.41. The van der Waals surface area contributed by atoms with E-state index in [1.54, 1.807) is 13.8 Å². The molecule has 4 atom stereocenters. The van der Waals surface area contributed by atoms with Crippen molar-refractivity contribution in [2.45, 2.75) is 69.8 Å². The monoisotopic (exact) mass is 452 g/mol. The molecule has 4 rings (SSSR count). The van der Waals surface area contributed by atoms with E-state index < -0.39 is 58.9 Å². The molecule has 2 aliphatic heterocycles. The first-order valence-electron chi connectivity index (χ1n) is 11.0. The minimum atomic E-state index is -4.51. The summed E-state index contributed by atoms with van der Waals surface area (Å²) >= 11 is 0. The fourth-order valence-electron chi connectivity index (χ4n) is 5.80. The molecule has 1 saturated carbocycles. The van der Waals surface area contributed by atoms with Crippen LogP contribution in [0, 0.1) is 17.8 Å². The van der Waals surface area contributed by atoms with Crippen LogP contribution in [0.25, 0.3) is 0 Å². The molecule has 174 valence electrons. The van der Waals surface area contributed by atoms with E-state index in [0.29, 0.717) is 18.4 Å². The fourth-order valence-corrected chi connectivity index (χ4v) is 5.80. The second-order valence-corrected chi connectivity index (χ2v) is 9.41. The Hall–Kier alpha value is -2.42. The van der Waals surface area contributed by atoms with Gasteiger partial charge in [0, 0.05) is 12.1 Å². The molecule has 9 heteroatoms. The highest BCUT2D eigenvalue weighted by Gasteiger charge is 2.70. The number of nitrogens with one attached hydrogen (secondary N) is 1. The first-order valence-corrected chi connectivity index (χ1v) is 11.0. The van der Waals surface area contributed by atoms with Gasteiger partial charge in [0.15, 0.2) is 0 Å². The van der Waals surface area contributed by atoms with Gasteiger partial charge in [-0.1, -0.05) is 45.2 Å². The zero-order valence-corrected chi connectivity index (χ0v) is 18.0. The van der Waals surface area contributed by atoms with Crippen molar-refractivity contribution in [3.05, 3.63) is 35.4 Å². The van der Waals surface area contributed by atoms with Crippen LogP contribution < -0.4 is 5.32 Å². The van der Waals surface area contributed by atoms with Gasteiger partial charge in [0.05, 0.1) is 17.4 Å². The first-order chi connectivity index (χ1) is 15.0. The lowest BCUT2D eigenvalue weighted by molar-refractivity contribution is -0.154. The highest BCUT2D eigenvalue weighted by molar-refractivity contribution is 6.09. The van der Waals surface area contributed by atoms with Crippen LogP contribution >= 0.6 is 0 Å². The number of benzene rings is 1. The van der Waals surface area contributed by atoms with E-state index in [1.165, 1.54) is 17.0 Å². The molecule has 4 unspecified atom stereocenters. The predicted molar refractivity (Wildman–Crippen MR) is 108 cm³/mol. The second kappa shape index (κ2) is 7.86. The van der Waals surface area contributed by atoms with Crippen LogP contribution in [0.4, 0.5) is 13.2 Å². The van der Waals surface area contributed by atoms with Gasteiger partial charge in [-0.2, -0.15) is 13.2 Å². The molecule has 1 aliphatic carbocycles. The zero-order chi connectivity index (χ0) is 23.4. The Morgan fingerprint density at radius 1 is 1.09 bits per heavy atom. The highest BCUT2D eigenvalue weighted by Crippen LogP contribution is 2.52. The smallest absolute Gasteiger partial charge is 0.416 e. The van der Waals surface area contributed by atoms with Crippen molar-refractivity contribution >= 4 is 17.8 Å². The molecule has 3 fully saturated rings. The summed E-state index contributed by atoms with van der Waals surface area (Å²) in [5.74, 6) is -4.75. The normalized spacial score (nSPS) is 31.4. The number of aliphatic carboxylic acids is 1. The van der Waals surface area contributed by atoms with Crippen molar-refractivity contribution < 1.29 is 32.7 Å². The maximum Gasteiger partial charge on any atom is 0.416 e. The Labute approximate surface area is 184 Å². The summed E-state index contributed by atoms with van der Waals surface area (Å²) in [6.07, 6.45) is -0.309. The molecule has 2 N–H and O–H groups in total. The molecule has 0 spiro atoms. The molecular formula is C23H27F3N2O4. The van der Waals surface area contributed by atoms with Gasteiger partial charge in [0.2, 0.25) is 11.8 Å². The number of likely N-dealkylation sites (tertiary alicyclic amines) is 1. The third kappa shape index (κ3) is 3.32. The molecule has 2 amide bonds. The summed E-state index contributed by atoms with van der Waals surface area (Å²) in [4.78, 5) is 40.9. The lowest BCUT2D eigenvalue weighted by Crippen LogP contribution is -2.59. The number of nitrogens with zero attached hydrogens (tertiary/aromatic N) is 1. The van der Waals surface area contributed by atoms with Gasteiger partial charge in [-0.3, -0.25) is 24.6 Å². The molecule has 1 aromatic rings. The number of carbonyl (C=O) groups excluding carboxylic acids is 2. The van der Waals surface area contributed by atoms with Crippen LogP contribution in [0.1, 0.15) is 63.1 Å². The van der Waals surface area contributed by atoms with E-state index in [2.05, 4.69) is 5.32 Å². The third-order valence-corrected chi connectivity index (χ3v) is 7.43. The van der Waals surface area contributed by atoms with Crippen LogP contribution in [0.2, 0.25) is 0 Å². The lowest BCUT2D eigenvalue weighted by Gasteiger charge is -2.36. The van der Waals surface area contributed by atoms with Gasteiger partial charge < -0.3 is 5.11 Å². The standard InChI is InChI=1S/C23H27F3N2O4/c1-12(2)22(21(31)32)17-16(19(29)28(20(17)30)15-6-4-3-5-7-15)18(27-22)13-8-10-14(11-9-13)23(24,25)26/h8-12,15-18,27H,3-7H2,1-2H3,(H,31,32). The number of alkyl halides is 3. The Morgan fingerprint density at radius 2 is 1.69 bits per heavy atom. The molecule has 6 nitrogen and oxygen atoms in total. The molecule has 32 heavy (non-hydrogen) atoms. The summed E-state index contributed by atoms with van der Waals surface area (Å²) in [6.45, 7) is 3.35. The summed E-state index contributed by atoms with van der Waals surface area (Å²) in [5, 5.41) is 13.2. The van der Waals surface area contributed by atoms with Crippen molar-refractivity contribution in [3.63, 3.8) is 0 Å². The summed E-state index contributed by atoms with van der Waals surface area (Å²) in [5.41, 5.74) is -2.15. The topological polar surface area (TPSA) is 86.7 Å². The predicted octanol–water partition coefficient (Wildman–Crippen LogP) is 3.76. The van der Waals surface area contributed by atoms with E-state index in [1.807, 2.05) is 0 Å². The van der Waals surface area contributed by atoms with Crippen molar-refractivity contribution in [3.8, 4) is 0 Å². The molecule has 0 bridgehead atoms. The summed E-state index contributed by atoms with van der Waals surface area (Å²) < 4.78 is 39.1. The Morgan fingerprint density at radius 3 is 2.19 bits per heavy atom. The Bertz CT molecular complexity index is 924. The van der Waals surface area contributed by atoms with Gasteiger partial charge in [0.1, 0.15) is 5.54 Å². The number of halogens is 3. The van der Waals surface area contributed by atoms with Crippen molar-refractivity contribution in [1.82, 2.24) is 10.2 Å². The number of hydrogen-bond acceptors (Lipinski definition) is 4. The van der Waals surface area contributed by atoms with Crippen molar-refractivity contribution in [1.29, 1.82) is 0 Å². The van der Waals surface area contributed by atoms with Gasteiger partial charge in [-0.25, -0.2) is 0 Å². The van der Waals surface area contributed by atoms with Crippen LogP contribution in [0.5, 0.6) is 0 Å². The molecular weight excluding hydrogens is 425 g/mol. The minimum Gasteiger partial charge on any atom is -0.480 e. The average molecular weight is 452 g/mol. The number of amides is 2. The van der Waals surface area contributed by atoms with Crippen molar-refractivity contribution in [2.75, 3.05) is 0 Å². The summed E-state index contributed by atoms with van der Waals surface area (Å²) in [6, 6.07) is 3.24. The van der Waals surface area contributed by atoms with E-state index in [0.717, 1.165) is 31.4 Å². The average Bonchev–Trinajstić information content (AvgIpc) is 3.23. The molecule has 3 aliphatic rings. The van der Waals surface area contributed by atoms with Crippen molar-refractivity contribution in [2.24, 2.45) is 17.8 Å². The van der Waals surface area contributed by atoms with Crippen LogP contribution in [0.3, 0.4) is 0 Å². The number of imide groups is 1. The maximum atomic E-state index is 13.5. The lowest BCUT2D eigenvalue weighted by atomic mass is 9.73. The van der Waals surface area contributed by atoms with Gasteiger partial charge in [-0.05, 0) is 36.5 Å². The van der Waals surface area contributed by atoms with Gasteiger partial charge in [0.25, 0.3) is 0 Å². The Balaban J connectivity index is 1.78. The largest absolute Gasteiger partial charge is 0.480 e. The number of carboxylic acids is 1. The summed E-state index contributed by atoms with van der Waals surface area (Å²) in [7, 11) is 0. The van der Waals surface area contributed by atoms with E-state index in [9.17, 15) is 32.7 Å². The highest BCUT2D eigenvalue weighted by atomic mass is 19.4. The maximum absolute atomic E-state index is 13.5.